The predicted octanol–water partition coefficient (Wildman–Crippen LogP) is 2.23. The number of hydrogen-bond acceptors (Lipinski definition) is 0. The molecule has 0 aliphatic carbocycles. The topological polar surface area (TPSA) is 8.81 Å². The quantitative estimate of drug-likeness (QED) is 0.491. The van der Waals surface area contributed by atoms with E-state index in [9.17, 15) is 4.39 Å². The molecule has 0 radical (unpaired) electrons. The van der Waals surface area contributed by atoms with E-state index in [0.717, 1.165) is 25.8 Å². The zero-order chi connectivity index (χ0) is 10.4. The predicted molar refractivity (Wildman–Crippen MR) is 54.6 cm³/mol. The lowest BCUT2D eigenvalue weighted by Gasteiger charge is -2.00. The average molecular weight is 199 g/mol. The summed E-state index contributed by atoms with van der Waals surface area (Å²) in [5.74, 6) is 0. The summed E-state index contributed by atoms with van der Waals surface area (Å²) in [6.45, 7) is 2.67. The van der Waals surface area contributed by atoms with E-state index in [1.165, 1.54) is 0 Å². The molecule has 80 valence electrons. The van der Waals surface area contributed by atoms with Crippen molar-refractivity contribution in [1.29, 1.82) is 0 Å². The molecule has 1 aromatic heterocycles. The van der Waals surface area contributed by atoms with E-state index < -0.39 is 6.17 Å². The first kappa shape index (κ1) is 11.2. The number of imidazole rings is 1. The molecular weight excluding hydrogens is 179 g/mol. The van der Waals surface area contributed by atoms with Crippen LogP contribution in [-0.4, -0.2) is 10.7 Å². The lowest BCUT2D eigenvalue weighted by molar-refractivity contribution is -0.671. The molecule has 0 aromatic carbocycles. The molecule has 0 bridgehead atoms. The molecule has 1 rings (SSSR count). The minimum Gasteiger partial charge on any atom is -0.248 e. The fourth-order valence-corrected chi connectivity index (χ4v) is 1.53. The molecule has 14 heavy (non-hydrogen) atoms. The molecule has 0 amide bonds. The van der Waals surface area contributed by atoms with Gasteiger partial charge in [-0.3, -0.25) is 0 Å². The van der Waals surface area contributed by atoms with Crippen molar-refractivity contribution in [2.24, 2.45) is 7.05 Å². The third-order valence-electron chi connectivity index (χ3n) is 2.34. The van der Waals surface area contributed by atoms with E-state index in [0.29, 0.717) is 6.42 Å². The largest absolute Gasteiger partial charge is 0.248 e. The number of aromatic nitrogens is 2. The molecule has 0 saturated heterocycles. The Morgan fingerprint density at radius 2 is 2.14 bits per heavy atom. The second kappa shape index (κ2) is 5.78. The van der Waals surface area contributed by atoms with E-state index in [-0.39, 0.29) is 0 Å². The van der Waals surface area contributed by atoms with Gasteiger partial charge in [-0.05, 0) is 26.2 Å². The van der Waals surface area contributed by atoms with Crippen LogP contribution in [0.15, 0.2) is 18.7 Å². The van der Waals surface area contributed by atoms with Crippen LogP contribution in [0.2, 0.25) is 0 Å². The van der Waals surface area contributed by atoms with Gasteiger partial charge in [-0.2, -0.15) is 0 Å². The van der Waals surface area contributed by atoms with Gasteiger partial charge < -0.3 is 0 Å². The molecule has 0 aliphatic rings. The van der Waals surface area contributed by atoms with Gasteiger partial charge in [0.25, 0.3) is 0 Å². The molecule has 0 N–H and O–H groups in total. The van der Waals surface area contributed by atoms with Gasteiger partial charge in [-0.25, -0.2) is 13.5 Å². The lowest BCUT2D eigenvalue weighted by Crippen LogP contribution is -2.23. The molecule has 1 unspecified atom stereocenters. The van der Waals surface area contributed by atoms with Crippen molar-refractivity contribution in [1.82, 2.24) is 4.57 Å². The highest BCUT2D eigenvalue weighted by Gasteiger charge is 2.00. The van der Waals surface area contributed by atoms with Gasteiger partial charge in [0, 0.05) is 0 Å². The van der Waals surface area contributed by atoms with Crippen LogP contribution in [0.1, 0.15) is 32.6 Å². The van der Waals surface area contributed by atoms with Crippen molar-refractivity contribution in [3.63, 3.8) is 0 Å². The van der Waals surface area contributed by atoms with Gasteiger partial charge in [0.2, 0.25) is 6.33 Å². The average Bonchev–Trinajstić information content (AvgIpc) is 2.50. The van der Waals surface area contributed by atoms with Crippen molar-refractivity contribution in [3.05, 3.63) is 18.7 Å². The Bertz CT molecular complexity index is 256. The number of aryl methyl sites for hydroxylation is 2. The van der Waals surface area contributed by atoms with Gasteiger partial charge >= 0.3 is 0 Å². The van der Waals surface area contributed by atoms with Crippen molar-refractivity contribution in [2.45, 2.75) is 45.3 Å². The third-order valence-corrected chi connectivity index (χ3v) is 2.34. The first-order chi connectivity index (χ1) is 6.68. The van der Waals surface area contributed by atoms with E-state index in [1.807, 2.05) is 17.8 Å². The summed E-state index contributed by atoms with van der Waals surface area (Å²) in [6.07, 6.45) is 9.50. The Hall–Kier alpha value is -0.860. The Morgan fingerprint density at radius 1 is 1.36 bits per heavy atom. The number of hydrogen-bond donors (Lipinski definition) is 0. The van der Waals surface area contributed by atoms with Crippen molar-refractivity contribution >= 4 is 0 Å². The highest BCUT2D eigenvalue weighted by Crippen LogP contribution is 2.06. The minimum atomic E-state index is -0.639. The first-order valence-corrected chi connectivity index (χ1v) is 5.33. The van der Waals surface area contributed by atoms with Crippen LogP contribution in [-0.2, 0) is 13.6 Å². The van der Waals surface area contributed by atoms with Gasteiger partial charge in [0.05, 0.1) is 19.8 Å². The second-order valence-electron chi connectivity index (χ2n) is 3.95. The number of halogens is 1. The Balaban J connectivity index is 2.04. The molecule has 1 aromatic rings. The third kappa shape index (κ3) is 4.40. The summed E-state index contributed by atoms with van der Waals surface area (Å²) < 4.78 is 16.6. The summed E-state index contributed by atoms with van der Waals surface area (Å²) >= 11 is 0. The first-order valence-electron chi connectivity index (χ1n) is 5.33. The summed E-state index contributed by atoms with van der Waals surface area (Å²) in [6, 6.07) is 0. The van der Waals surface area contributed by atoms with E-state index >= 15 is 0 Å². The molecule has 1 atom stereocenters. The van der Waals surface area contributed by atoms with Crippen LogP contribution >= 0.6 is 0 Å². The lowest BCUT2D eigenvalue weighted by atomic mass is 10.1. The van der Waals surface area contributed by atoms with Gasteiger partial charge in [-0.15, -0.1) is 0 Å². The number of nitrogens with zero attached hydrogens (tertiary/aromatic N) is 2. The maximum atomic E-state index is 12.4. The number of alkyl halides is 1. The Morgan fingerprint density at radius 3 is 2.71 bits per heavy atom. The van der Waals surface area contributed by atoms with Crippen LogP contribution in [0, 0.1) is 0 Å². The number of rotatable bonds is 6. The molecule has 0 spiro atoms. The normalized spacial score (nSPS) is 13.1. The smallest absolute Gasteiger partial charge is 0.243 e. The molecule has 2 nitrogen and oxygen atoms in total. The Labute approximate surface area is 85.4 Å². The molecule has 0 aliphatic heterocycles. The van der Waals surface area contributed by atoms with Gasteiger partial charge in [-0.1, -0.05) is 6.42 Å². The fraction of sp³-hybridized carbons (Fsp3) is 0.727. The zero-order valence-electron chi connectivity index (χ0n) is 9.12. The molecular formula is C11H20FN2+. The summed E-state index contributed by atoms with van der Waals surface area (Å²) in [4.78, 5) is 0. The van der Waals surface area contributed by atoms with E-state index in [4.69, 9.17) is 0 Å². The summed E-state index contributed by atoms with van der Waals surface area (Å²) in [7, 11) is 2.02. The Kier molecular flexibility index (Phi) is 4.63. The van der Waals surface area contributed by atoms with Crippen LogP contribution in [0.5, 0.6) is 0 Å². The second-order valence-corrected chi connectivity index (χ2v) is 3.95. The standard InChI is InChI=1S/C11H20FN2/c1-11(12)6-4-3-5-7-14-9-8-13(2)10-14/h8-11H,3-7H2,1-2H3/q+1. The molecule has 3 heteroatoms. The van der Waals surface area contributed by atoms with Crippen LogP contribution in [0.4, 0.5) is 4.39 Å². The number of unbranched alkanes of at least 4 members (excludes halogenated alkanes) is 2. The monoisotopic (exact) mass is 199 g/mol. The van der Waals surface area contributed by atoms with Crippen LogP contribution in [0.3, 0.4) is 0 Å². The molecule has 0 saturated carbocycles. The van der Waals surface area contributed by atoms with Crippen molar-refractivity contribution in [2.75, 3.05) is 0 Å². The van der Waals surface area contributed by atoms with Gasteiger partial charge in [0.1, 0.15) is 12.4 Å². The van der Waals surface area contributed by atoms with E-state index in [1.54, 1.807) is 6.92 Å². The van der Waals surface area contributed by atoms with E-state index in [2.05, 4.69) is 17.1 Å². The van der Waals surface area contributed by atoms with Crippen molar-refractivity contribution < 1.29 is 8.96 Å². The SMILES string of the molecule is CC(F)CCCCCn1cc[n+](C)c1. The molecule has 0 fully saturated rings. The fourth-order valence-electron chi connectivity index (χ4n) is 1.53. The summed E-state index contributed by atoms with van der Waals surface area (Å²) in [5.41, 5.74) is 0. The summed E-state index contributed by atoms with van der Waals surface area (Å²) in [5, 5.41) is 0. The maximum absolute atomic E-state index is 12.4. The van der Waals surface area contributed by atoms with Gasteiger partial charge in [0.15, 0.2) is 0 Å². The van der Waals surface area contributed by atoms with Crippen LogP contribution < -0.4 is 4.57 Å². The highest BCUT2D eigenvalue weighted by atomic mass is 19.1. The molecule has 1 heterocycles. The highest BCUT2D eigenvalue weighted by molar-refractivity contribution is 4.65. The van der Waals surface area contributed by atoms with Crippen molar-refractivity contribution in [3.8, 4) is 0 Å². The minimum absolute atomic E-state index is 0.639. The maximum Gasteiger partial charge on any atom is 0.243 e. The van der Waals surface area contributed by atoms with Crippen LogP contribution in [0.25, 0.3) is 0 Å². The zero-order valence-corrected chi connectivity index (χ0v) is 9.12.